The zero-order chi connectivity index (χ0) is 22.3. The van der Waals surface area contributed by atoms with Gasteiger partial charge in [0.05, 0.1) is 6.85 Å². The minimum Gasteiger partial charge on any atom is -0.416 e. The number of unbranched alkanes of at least 4 members (excludes halogenated alkanes) is 5. The van der Waals surface area contributed by atoms with Gasteiger partial charge < -0.3 is 4.74 Å². The average molecular weight is 384 g/mol. The fourth-order valence-corrected chi connectivity index (χ4v) is 2.93. The third kappa shape index (κ3) is 7.04. The van der Waals surface area contributed by atoms with Gasteiger partial charge in [0.1, 0.15) is 5.69 Å². The molecule has 6 heteroatoms. The Kier molecular flexibility index (Phi) is 6.04. The number of rotatable bonds is 9. The normalized spacial score (nSPS) is 13.4. The molecule has 0 fully saturated rings. The van der Waals surface area contributed by atoms with Gasteiger partial charge in [0.2, 0.25) is 0 Å². The second-order valence-electron chi connectivity index (χ2n) is 5.35. The summed E-state index contributed by atoms with van der Waals surface area (Å²) in [5.74, 6) is 0.496. The lowest BCUT2D eigenvalue weighted by Crippen LogP contribution is -2.04. The van der Waals surface area contributed by atoms with E-state index in [0.29, 0.717) is 5.75 Å². The van der Waals surface area contributed by atoms with Gasteiger partial charge in [0, 0.05) is 17.4 Å². The van der Waals surface area contributed by atoms with Crippen molar-refractivity contribution in [3.63, 3.8) is 0 Å². The molecule has 0 unspecified atom stereocenters. The summed E-state index contributed by atoms with van der Waals surface area (Å²) in [4.78, 5) is 12.3. The molecule has 1 heterocycles. The van der Waals surface area contributed by atoms with Crippen LogP contribution in [0.3, 0.4) is 0 Å². The van der Waals surface area contributed by atoms with Gasteiger partial charge in [-0.3, -0.25) is 0 Å². The summed E-state index contributed by atoms with van der Waals surface area (Å²) < 4.78 is 44.9. The third-order valence-corrected chi connectivity index (χ3v) is 4.37. The maximum atomic E-state index is 12.3. The molecule has 0 aliphatic rings. The lowest BCUT2D eigenvalue weighted by molar-refractivity contribution is 0.227. The van der Waals surface area contributed by atoms with Crippen molar-refractivity contribution in [2.24, 2.45) is 0 Å². The summed E-state index contributed by atoms with van der Waals surface area (Å²) in [5, 5.41) is 6.89. The van der Waals surface area contributed by atoms with Gasteiger partial charge in [-0.05, 0) is 18.2 Å². The van der Waals surface area contributed by atoms with Crippen molar-refractivity contribution < 1.29 is 16.4 Å². The van der Waals surface area contributed by atoms with Gasteiger partial charge in [-0.15, -0.1) is 10.2 Å². The molecule has 0 radical (unpaired) electrons. The first-order valence-corrected chi connectivity index (χ1v) is 9.59. The fraction of sp³-hybridized carbons (Fsp3) is 0.421. The number of ether oxygens (including phenoxy) is 1. The third-order valence-electron chi connectivity index (χ3n) is 3.38. The molecule has 25 heavy (non-hydrogen) atoms. The number of nitrogens with zero attached hydrogens (tertiary/aromatic N) is 2. The van der Waals surface area contributed by atoms with Gasteiger partial charge in [-0.25, -0.2) is 4.79 Å². The first-order chi connectivity index (χ1) is 14.3. The van der Waals surface area contributed by atoms with E-state index < -0.39 is 35.5 Å². The first kappa shape index (κ1) is 13.6. The maximum absolute atomic E-state index is 12.3. The van der Waals surface area contributed by atoms with Gasteiger partial charge in [0.25, 0.3) is 0 Å². The van der Waals surface area contributed by atoms with Gasteiger partial charge in [-0.2, -0.15) is 0 Å². The predicted molar refractivity (Wildman–Crippen MR) is 104 cm³/mol. The standard InChI is InChI=1S/C19H23ClN2O2S/c1-2-3-4-5-6-10-13-25-19(23)24-16-14-17(20)21-22-18(16)15-11-8-7-9-12-15/h7-9,11-12,14H,2-6,10,13H2,1H3/i7D,8D,9D,11D,12D. The molecule has 2 aromatic rings. The quantitative estimate of drug-likeness (QED) is 0.371. The molecule has 1 aromatic carbocycles. The number of aromatic nitrogens is 2. The van der Waals surface area contributed by atoms with Crippen LogP contribution >= 0.6 is 23.4 Å². The van der Waals surface area contributed by atoms with Gasteiger partial charge in [-0.1, -0.05) is 80.8 Å². The molecular formula is C19H23ClN2O2S. The Hall–Kier alpha value is -1.59. The number of hydrogen-bond donors (Lipinski definition) is 0. The number of carbonyl (C=O) groups excluding carboxylic acids is 1. The van der Waals surface area contributed by atoms with E-state index in [1.54, 1.807) is 0 Å². The van der Waals surface area contributed by atoms with Gasteiger partial charge in [0.15, 0.2) is 10.9 Å². The first-order valence-electron chi connectivity index (χ1n) is 10.7. The topological polar surface area (TPSA) is 52.1 Å². The predicted octanol–water partition coefficient (Wildman–Crippen LogP) is 6.39. The van der Waals surface area contributed by atoms with Crippen LogP contribution in [0, 0.1) is 0 Å². The summed E-state index contributed by atoms with van der Waals surface area (Å²) in [6.07, 6.45) is 6.64. The molecule has 0 aliphatic carbocycles. The molecule has 0 amide bonds. The molecule has 2 rings (SSSR count). The summed E-state index contributed by atoms with van der Waals surface area (Å²) in [5.41, 5.74) is -0.334. The Balaban J connectivity index is 2.17. The lowest BCUT2D eigenvalue weighted by Gasteiger charge is -2.09. The molecule has 134 valence electrons. The van der Waals surface area contributed by atoms with E-state index in [9.17, 15) is 4.79 Å². The Bertz CT molecular complexity index is 888. The lowest BCUT2D eigenvalue weighted by atomic mass is 10.1. The van der Waals surface area contributed by atoms with Crippen molar-refractivity contribution in [3.05, 3.63) is 41.4 Å². The molecule has 0 saturated heterocycles. The van der Waals surface area contributed by atoms with Crippen LogP contribution in [0.5, 0.6) is 5.75 Å². The minimum absolute atomic E-state index is 0.0464. The van der Waals surface area contributed by atoms with Crippen LogP contribution in [0.4, 0.5) is 4.79 Å². The smallest absolute Gasteiger partial charge is 0.372 e. The van der Waals surface area contributed by atoms with E-state index in [4.69, 9.17) is 23.2 Å². The van der Waals surface area contributed by atoms with Crippen molar-refractivity contribution in [3.8, 4) is 17.0 Å². The Labute approximate surface area is 165 Å². The summed E-state index contributed by atoms with van der Waals surface area (Å²) >= 11 is 6.88. The summed E-state index contributed by atoms with van der Waals surface area (Å²) in [6, 6.07) is -1.24. The Morgan fingerprint density at radius 3 is 2.64 bits per heavy atom. The number of carbonyl (C=O) groups is 1. The highest BCUT2D eigenvalue weighted by atomic mass is 35.5. The molecule has 4 nitrogen and oxygen atoms in total. The van der Waals surface area contributed by atoms with Crippen LogP contribution in [0.15, 0.2) is 36.3 Å². The van der Waals surface area contributed by atoms with E-state index in [0.717, 1.165) is 31.0 Å². The average Bonchev–Trinajstić information content (AvgIpc) is 2.71. The highest BCUT2D eigenvalue weighted by Crippen LogP contribution is 2.30. The van der Waals surface area contributed by atoms with Crippen LogP contribution in [0.2, 0.25) is 5.15 Å². The van der Waals surface area contributed by atoms with Crippen LogP contribution in [-0.4, -0.2) is 21.3 Å². The van der Waals surface area contributed by atoms with Crippen LogP contribution < -0.4 is 4.74 Å². The van der Waals surface area contributed by atoms with E-state index in [2.05, 4.69) is 17.1 Å². The zero-order valence-corrected chi connectivity index (χ0v) is 15.6. The molecule has 0 atom stereocenters. The molecule has 0 N–H and O–H groups in total. The van der Waals surface area contributed by atoms with E-state index in [1.165, 1.54) is 25.3 Å². The fourth-order valence-electron chi connectivity index (χ4n) is 2.13. The Morgan fingerprint density at radius 2 is 1.88 bits per heavy atom. The van der Waals surface area contributed by atoms with Crippen molar-refractivity contribution in [1.82, 2.24) is 10.2 Å². The summed E-state index contributed by atoms with van der Waals surface area (Å²) in [7, 11) is 0. The van der Waals surface area contributed by atoms with Crippen LogP contribution in [0.1, 0.15) is 52.3 Å². The molecule has 0 bridgehead atoms. The molecule has 0 spiro atoms. The van der Waals surface area contributed by atoms with Gasteiger partial charge >= 0.3 is 5.30 Å². The Morgan fingerprint density at radius 1 is 1.16 bits per heavy atom. The number of hydrogen-bond acceptors (Lipinski definition) is 5. The molecule has 1 aromatic heterocycles. The highest BCUT2D eigenvalue weighted by molar-refractivity contribution is 8.13. The maximum Gasteiger partial charge on any atom is 0.372 e. The second-order valence-corrected chi connectivity index (χ2v) is 6.77. The molecule has 0 aliphatic heterocycles. The highest BCUT2D eigenvalue weighted by Gasteiger charge is 2.14. The monoisotopic (exact) mass is 383 g/mol. The van der Waals surface area contributed by atoms with Crippen molar-refractivity contribution in [1.29, 1.82) is 0 Å². The van der Waals surface area contributed by atoms with Crippen LogP contribution in [-0.2, 0) is 0 Å². The largest absolute Gasteiger partial charge is 0.416 e. The summed E-state index contributed by atoms with van der Waals surface area (Å²) in [6.45, 7) is 2.16. The minimum atomic E-state index is -0.582. The van der Waals surface area contributed by atoms with E-state index in [1.807, 2.05) is 0 Å². The van der Waals surface area contributed by atoms with Crippen LogP contribution in [0.25, 0.3) is 11.3 Å². The SMILES string of the molecule is [2H]c1c([2H])c([2H])c(-c2nnc(Cl)cc2OC(=O)SCCCCCCCC)c([2H])c1[2H]. The van der Waals surface area contributed by atoms with E-state index >= 15 is 0 Å². The zero-order valence-electron chi connectivity index (χ0n) is 19.0. The van der Waals surface area contributed by atoms with Crippen molar-refractivity contribution in [2.45, 2.75) is 45.4 Å². The molecular weight excluding hydrogens is 356 g/mol. The number of halogens is 1. The van der Waals surface area contributed by atoms with E-state index in [-0.39, 0.29) is 22.2 Å². The number of benzene rings is 1. The second kappa shape index (κ2) is 11.1. The number of thioether (sulfide) groups is 1. The van der Waals surface area contributed by atoms with Crippen molar-refractivity contribution >= 4 is 28.7 Å². The molecule has 0 saturated carbocycles. The van der Waals surface area contributed by atoms with Crippen molar-refractivity contribution in [2.75, 3.05) is 5.75 Å².